The number of methoxy groups -OCH3 is 1. The standard InChI is InChI=1S/C18H26ClN3O3.HI/c1-20-18(21-11-13-5-6-14(19)10-16(13)23-2)22-7-9-25-17(12-22)15-4-3-8-24-15;/h5-6,10,15,17H,3-4,7-9,11-12H2,1-2H3,(H,20,21);1H. The number of guanidine groups is 1. The Hall–Kier alpha value is -0.770. The molecular weight excluding hydrogens is 469 g/mol. The Kier molecular flexibility index (Phi) is 8.72. The number of hydrogen-bond acceptors (Lipinski definition) is 4. The van der Waals surface area contributed by atoms with Gasteiger partial charge in [-0.15, -0.1) is 24.0 Å². The summed E-state index contributed by atoms with van der Waals surface area (Å²) in [5, 5.41) is 4.08. The molecule has 6 nitrogen and oxygen atoms in total. The molecule has 26 heavy (non-hydrogen) atoms. The lowest BCUT2D eigenvalue weighted by molar-refractivity contribution is -0.0817. The maximum atomic E-state index is 6.03. The van der Waals surface area contributed by atoms with Gasteiger partial charge in [-0.25, -0.2) is 0 Å². The largest absolute Gasteiger partial charge is 0.496 e. The predicted octanol–water partition coefficient (Wildman–Crippen LogP) is 2.92. The van der Waals surface area contributed by atoms with Crippen LogP contribution in [0.4, 0.5) is 0 Å². The number of ether oxygens (including phenoxy) is 3. The van der Waals surface area contributed by atoms with Gasteiger partial charge in [-0.05, 0) is 25.0 Å². The van der Waals surface area contributed by atoms with Crippen molar-refractivity contribution < 1.29 is 14.2 Å². The Labute approximate surface area is 177 Å². The molecule has 0 aromatic heterocycles. The molecule has 1 aromatic rings. The van der Waals surface area contributed by atoms with E-state index in [9.17, 15) is 0 Å². The SMILES string of the molecule is CN=C(NCc1ccc(Cl)cc1OC)N1CCOC(C2CCCO2)C1.I. The lowest BCUT2D eigenvalue weighted by Gasteiger charge is -2.37. The van der Waals surface area contributed by atoms with Gasteiger partial charge in [0.2, 0.25) is 0 Å². The van der Waals surface area contributed by atoms with Crippen LogP contribution in [0, 0.1) is 0 Å². The van der Waals surface area contributed by atoms with Crippen molar-refractivity contribution in [1.82, 2.24) is 10.2 Å². The highest BCUT2D eigenvalue weighted by molar-refractivity contribution is 14.0. The molecule has 1 N–H and O–H groups in total. The average Bonchev–Trinajstić information content (AvgIpc) is 3.18. The molecule has 3 rings (SSSR count). The van der Waals surface area contributed by atoms with Gasteiger partial charge in [-0.3, -0.25) is 4.99 Å². The van der Waals surface area contributed by atoms with Gasteiger partial charge in [0.05, 0.1) is 19.8 Å². The molecule has 8 heteroatoms. The summed E-state index contributed by atoms with van der Waals surface area (Å²) in [5.41, 5.74) is 1.04. The molecule has 2 atom stereocenters. The molecule has 2 aliphatic rings. The van der Waals surface area contributed by atoms with E-state index in [0.29, 0.717) is 18.2 Å². The number of aliphatic imine (C=N–C) groups is 1. The van der Waals surface area contributed by atoms with Gasteiger partial charge < -0.3 is 24.4 Å². The van der Waals surface area contributed by atoms with Gasteiger partial charge in [0.1, 0.15) is 11.9 Å². The van der Waals surface area contributed by atoms with Crippen LogP contribution >= 0.6 is 35.6 Å². The van der Waals surface area contributed by atoms with E-state index in [1.807, 2.05) is 18.2 Å². The van der Waals surface area contributed by atoms with Crippen LogP contribution in [0.15, 0.2) is 23.2 Å². The Morgan fingerprint density at radius 1 is 1.35 bits per heavy atom. The average molecular weight is 496 g/mol. The van der Waals surface area contributed by atoms with Crippen LogP contribution in [0.3, 0.4) is 0 Å². The summed E-state index contributed by atoms with van der Waals surface area (Å²) in [4.78, 5) is 6.66. The molecule has 2 heterocycles. The van der Waals surface area contributed by atoms with Crippen molar-refractivity contribution in [2.45, 2.75) is 31.6 Å². The van der Waals surface area contributed by atoms with Gasteiger partial charge in [0, 0.05) is 43.9 Å². The van der Waals surface area contributed by atoms with E-state index in [0.717, 1.165) is 49.8 Å². The van der Waals surface area contributed by atoms with Crippen molar-refractivity contribution in [3.05, 3.63) is 28.8 Å². The topological polar surface area (TPSA) is 55.3 Å². The zero-order valence-corrected chi connectivity index (χ0v) is 18.3. The maximum absolute atomic E-state index is 6.03. The second kappa shape index (κ2) is 10.5. The number of rotatable bonds is 4. The monoisotopic (exact) mass is 495 g/mol. The van der Waals surface area contributed by atoms with Gasteiger partial charge in [-0.2, -0.15) is 0 Å². The third kappa shape index (κ3) is 5.37. The van der Waals surface area contributed by atoms with E-state index < -0.39 is 0 Å². The Morgan fingerprint density at radius 2 is 2.15 bits per heavy atom. The summed E-state index contributed by atoms with van der Waals surface area (Å²) in [5.74, 6) is 1.64. The van der Waals surface area contributed by atoms with Crippen LogP contribution in [0.1, 0.15) is 18.4 Å². The van der Waals surface area contributed by atoms with E-state index in [1.54, 1.807) is 14.2 Å². The van der Waals surface area contributed by atoms with Crippen molar-refractivity contribution >= 4 is 41.5 Å². The van der Waals surface area contributed by atoms with Crippen LogP contribution in [0.2, 0.25) is 5.02 Å². The lowest BCUT2D eigenvalue weighted by Crippen LogP contribution is -2.53. The van der Waals surface area contributed by atoms with E-state index >= 15 is 0 Å². The van der Waals surface area contributed by atoms with Crippen molar-refractivity contribution in [2.24, 2.45) is 4.99 Å². The molecule has 0 bridgehead atoms. The summed E-state index contributed by atoms with van der Waals surface area (Å²) in [6.07, 6.45) is 2.51. The van der Waals surface area contributed by atoms with E-state index in [1.165, 1.54) is 0 Å². The summed E-state index contributed by atoms with van der Waals surface area (Å²) >= 11 is 6.03. The fraction of sp³-hybridized carbons (Fsp3) is 0.611. The van der Waals surface area contributed by atoms with E-state index in [4.69, 9.17) is 25.8 Å². The van der Waals surface area contributed by atoms with Crippen molar-refractivity contribution in [3.8, 4) is 5.75 Å². The molecular formula is C18H27ClIN3O3. The summed E-state index contributed by atoms with van der Waals surface area (Å²) in [7, 11) is 3.45. The molecule has 2 saturated heterocycles. The zero-order chi connectivity index (χ0) is 17.6. The number of halogens is 2. The van der Waals surface area contributed by atoms with Gasteiger partial charge >= 0.3 is 0 Å². The zero-order valence-electron chi connectivity index (χ0n) is 15.2. The molecule has 0 aliphatic carbocycles. The number of nitrogens with zero attached hydrogens (tertiary/aromatic N) is 2. The second-order valence-corrected chi connectivity index (χ2v) is 6.70. The molecule has 2 aliphatic heterocycles. The van der Waals surface area contributed by atoms with Crippen molar-refractivity contribution in [3.63, 3.8) is 0 Å². The molecule has 1 aromatic carbocycles. The summed E-state index contributed by atoms with van der Waals surface area (Å²) in [6.45, 7) is 3.76. The third-order valence-corrected chi connectivity index (χ3v) is 4.91. The molecule has 0 saturated carbocycles. The molecule has 2 unspecified atom stereocenters. The number of morpholine rings is 1. The fourth-order valence-corrected chi connectivity index (χ4v) is 3.52. The Balaban J connectivity index is 0.00000243. The molecule has 0 radical (unpaired) electrons. The quantitative estimate of drug-likeness (QED) is 0.395. The fourth-order valence-electron chi connectivity index (χ4n) is 3.36. The van der Waals surface area contributed by atoms with Gasteiger partial charge in [0.25, 0.3) is 0 Å². The first-order valence-electron chi connectivity index (χ1n) is 8.72. The molecule has 0 amide bonds. The third-order valence-electron chi connectivity index (χ3n) is 4.67. The van der Waals surface area contributed by atoms with Crippen LogP contribution in [-0.2, 0) is 16.0 Å². The van der Waals surface area contributed by atoms with Crippen LogP contribution in [-0.4, -0.2) is 63.5 Å². The highest BCUT2D eigenvalue weighted by Crippen LogP contribution is 2.23. The van der Waals surface area contributed by atoms with E-state index in [-0.39, 0.29) is 36.2 Å². The van der Waals surface area contributed by atoms with Crippen LogP contribution in [0.25, 0.3) is 0 Å². The predicted molar refractivity (Wildman–Crippen MR) is 114 cm³/mol. The highest BCUT2D eigenvalue weighted by atomic mass is 127. The van der Waals surface area contributed by atoms with Crippen molar-refractivity contribution in [2.75, 3.05) is 40.5 Å². The Bertz CT molecular complexity index is 611. The number of nitrogens with one attached hydrogen (secondary N) is 1. The summed E-state index contributed by atoms with van der Waals surface area (Å²) in [6, 6.07) is 5.66. The van der Waals surface area contributed by atoms with Crippen molar-refractivity contribution in [1.29, 1.82) is 0 Å². The highest BCUT2D eigenvalue weighted by Gasteiger charge is 2.32. The minimum Gasteiger partial charge on any atom is -0.496 e. The maximum Gasteiger partial charge on any atom is 0.194 e. The van der Waals surface area contributed by atoms with E-state index in [2.05, 4.69) is 15.2 Å². The van der Waals surface area contributed by atoms with Crippen LogP contribution in [0.5, 0.6) is 5.75 Å². The first-order chi connectivity index (χ1) is 12.2. The lowest BCUT2D eigenvalue weighted by atomic mass is 10.1. The smallest absolute Gasteiger partial charge is 0.194 e. The number of hydrogen-bond donors (Lipinski definition) is 1. The summed E-state index contributed by atoms with van der Waals surface area (Å²) < 4.78 is 17.1. The molecule has 0 spiro atoms. The first-order valence-corrected chi connectivity index (χ1v) is 9.10. The second-order valence-electron chi connectivity index (χ2n) is 6.26. The number of benzene rings is 1. The van der Waals surface area contributed by atoms with Gasteiger partial charge in [-0.1, -0.05) is 17.7 Å². The minimum absolute atomic E-state index is 0. The normalized spacial score (nSPS) is 23.5. The first kappa shape index (κ1) is 21.5. The van der Waals surface area contributed by atoms with Gasteiger partial charge in [0.15, 0.2) is 5.96 Å². The molecule has 2 fully saturated rings. The minimum atomic E-state index is 0. The molecule has 146 valence electrons. The van der Waals surface area contributed by atoms with Crippen LogP contribution < -0.4 is 10.1 Å². The Morgan fingerprint density at radius 3 is 2.85 bits per heavy atom.